The van der Waals surface area contributed by atoms with Crippen molar-refractivity contribution in [2.24, 2.45) is 0 Å². The average Bonchev–Trinajstić information content (AvgIpc) is 2.52. The Kier molecular flexibility index (Phi) is 6.47. The molecule has 0 unspecified atom stereocenters. The van der Waals surface area contributed by atoms with Gasteiger partial charge in [-0.25, -0.2) is 0 Å². The third-order valence-electron chi connectivity index (χ3n) is 3.17. The van der Waals surface area contributed by atoms with Crippen molar-refractivity contribution in [1.29, 1.82) is 0 Å². The smallest absolute Gasteiger partial charge is 0.236 e. The van der Waals surface area contributed by atoms with Crippen LogP contribution in [0.25, 0.3) is 0 Å². The molecule has 1 saturated heterocycles. The lowest BCUT2D eigenvalue weighted by molar-refractivity contribution is -0.129. The molecule has 0 aromatic heterocycles. The molecule has 0 aromatic rings. The highest BCUT2D eigenvalue weighted by atomic mass is 16.3. The lowest BCUT2D eigenvalue weighted by atomic mass is 10.3. The van der Waals surface area contributed by atoms with Gasteiger partial charge in [0.15, 0.2) is 0 Å². The second kappa shape index (κ2) is 7.63. The topological polar surface area (TPSA) is 47.0 Å². The van der Waals surface area contributed by atoms with E-state index >= 15 is 0 Å². The highest BCUT2D eigenvalue weighted by Crippen LogP contribution is 2.04. The minimum Gasteiger partial charge on any atom is -0.396 e. The van der Waals surface area contributed by atoms with Crippen LogP contribution in [0.15, 0.2) is 0 Å². The van der Waals surface area contributed by atoms with E-state index in [9.17, 15) is 4.79 Å². The van der Waals surface area contributed by atoms with Crippen LogP contribution in [0, 0.1) is 0 Å². The first kappa shape index (κ1) is 14.4. The summed E-state index contributed by atoms with van der Waals surface area (Å²) in [6.45, 7) is 5.78. The van der Waals surface area contributed by atoms with Gasteiger partial charge in [0.1, 0.15) is 0 Å². The largest absolute Gasteiger partial charge is 0.396 e. The van der Waals surface area contributed by atoms with E-state index in [1.54, 1.807) is 19.0 Å². The Morgan fingerprint density at radius 2 is 1.82 bits per heavy atom. The van der Waals surface area contributed by atoms with Gasteiger partial charge in [0.2, 0.25) is 5.91 Å². The molecule has 1 heterocycles. The Labute approximate surface area is 104 Å². The molecule has 1 amide bonds. The first-order valence-corrected chi connectivity index (χ1v) is 6.39. The van der Waals surface area contributed by atoms with Crippen LogP contribution in [0.5, 0.6) is 0 Å². The SMILES string of the molecule is CN(C)C(=O)CN1CCCN(CCCO)CC1. The van der Waals surface area contributed by atoms with Gasteiger partial charge in [0.25, 0.3) is 0 Å². The zero-order valence-electron chi connectivity index (χ0n) is 11.1. The summed E-state index contributed by atoms with van der Waals surface area (Å²) < 4.78 is 0. The van der Waals surface area contributed by atoms with Crippen LogP contribution in [-0.4, -0.2) is 85.7 Å². The van der Waals surface area contributed by atoms with E-state index in [1.807, 2.05) is 0 Å². The number of carbonyl (C=O) groups excluding carboxylic acids is 1. The van der Waals surface area contributed by atoms with E-state index in [4.69, 9.17) is 5.11 Å². The molecule has 0 aromatic carbocycles. The number of nitrogens with zero attached hydrogens (tertiary/aromatic N) is 3. The van der Waals surface area contributed by atoms with Crippen LogP contribution in [-0.2, 0) is 4.79 Å². The first-order valence-electron chi connectivity index (χ1n) is 6.39. The van der Waals surface area contributed by atoms with E-state index in [1.165, 1.54) is 0 Å². The molecule has 5 nitrogen and oxygen atoms in total. The summed E-state index contributed by atoms with van der Waals surface area (Å²) in [6.07, 6.45) is 1.95. The van der Waals surface area contributed by atoms with Crippen LogP contribution < -0.4 is 0 Å². The molecule has 0 radical (unpaired) electrons. The number of amides is 1. The molecule has 1 fully saturated rings. The van der Waals surface area contributed by atoms with Gasteiger partial charge < -0.3 is 14.9 Å². The van der Waals surface area contributed by atoms with Gasteiger partial charge in [-0.3, -0.25) is 9.69 Å². The second-order valence-corrected chi connectivity index (χ2v) is 4.84. The predicted octanol–water partition coefficient (Wildman–Crippen LogP) is -0.535. The number of aliphatic hydroxyl groups is 1. The summed E-state index contributed by atoms with van der Waals surface area (Å²) >= 11 is 0. The summed E-state index contributed by atoms with van der Waals surface area (Å²) in [4.78, 5) is 17.9. The Bertz CT molecular complexity index is 234. The molecule has 0 spiro atoms. The molecule has 1 aliphatic heterocycles. The summed E-state index contributed by atoms with van der Waals surface area (Å²) in [5.74, 6) is 0.175. The van der Waals surface area contributed by atoms with Crippen LogP contribution in [0.1, 0.15) is 12.8 Å². The molecule has 1 rings (SSSR count). The Morgan fingerprint density at radius 1 is 1.18 bits per heavy atom. The summed E-state index contributed by atoms with van der Waals surface area (Å²) in [5.41, 5.74) is 0. The van der Waals surface area contributed by atoms with Gasteiger partial charge in [-0.2, -0.15) is 0 Å². The fraction of sp³-hybridized carbons (Fsp3) is 0.917. The molecule has 1 aliphatic rings. The normalized spacial score (nSPS) is 19.0. The molecule has 0 atom stereocenters. The van der Waals surface area contributed by atoms with Crippen molar-refractivity contribution in [2.75, 3.05) is 60.0 Å². The van der Waals surface area contributed by atoms with Gasteiger partial charge >= 0.3 is 0 Å². The summed E-state index contributed by atoms with van der Waals surface area (Å²) in [7, 11) is 3.60. The lowest BCUT2D eigenvalue weighted by Gasteiger charge is -2.22. The fourth-order valence-electron chi connectivity index (χ4n) is 2.03. The van der Waals surface area contributed by atoms with Gasteiger partial charge in [0, 0.05) is 40.3 Å². The molecule has 17 heavy (non-hydrogen) atoms. The lowest BCUT2D eigenvalue weighted by Crippen LogP contribution is -2.38. The zero-order chi connectivity index (χ0) is 12.7. The fourth-order valence-corrected chi connectivity index (χ4v) is 2.03. The van der Waals surface area contributed by atoms with Crippen molar-refractivity contribution in [1.82, 2.24) is 14.7 Å². The number of carbonyl (C=O) groups is 1. The van der Waals surface area contributed by atoms with E-state index < -0.39 is 0 Å². The summed E-state index contributed by atoms with van der Waals surface area (Å²) in [6, 6.07) is 0. The maximum atomic E-state index is 11.6. The molecule has 1 N–H and O–H groups in total. The second-order valence-electron chi connectivity index (χ2n) is 4.84. The zero-order valence-corrected chi connectivity index (χ0v) is 11.1. The molecule has 5 heteroatoms. The Hall–Kier alpha value is -0.650. The molecule has 0 saturated carbocycles. The molecular weight excluding hydrogens is 218 g/mol. The van der Waals surface area contributed by atoms with Crippen molar-refractivity contribution in [3.8, 4) is 0 Å². The molecular formula is C12H25N3O2. The van der Waals surface area contributed by atoms with Gasteiger partial charge in [-0.15, -0.1) is 0 Å². The van der Waals surface area contributed by atoms with Gasteiger partial charge in [-0.05, 0) is 25.9 Å². The van der Waals surface area contributed by atoms with Crippen molar-refractivity contribution in [3.63, 3.8) is 0 Å². The van der Waals surface area contributed by atoms with Gasteiger partial charge in [-0.1, -0.05) is 0 Å². The third-order valence-corrected chi connectivity index (χ3v) is 3.17. The molecule has 0 bridgehead atoms. The van der Waals surface area contributed by atoms with Crippen LogP contribution in [0.4, 0.5) is 0 Å². The van der Waals surface area contributed by atoms with Gasteiger partial charge in [0.05, 0.1) is 6.54 Å². The van der Waals surface area contributed by atoms with Crippen molar-refractivity contribution < 1.29 is 9.90 Å². The van der Waals surface area contributed by atoms with Crippen molar-refractivity contribution in [3.05, 3.63) is 0 Å². The maximum Gasteiger partial charge on any atom is 0.236 e. The predicted molar refractivity (Wildman–Crippen MR) is 67.9 cm³/mol. The van der Waals surface area contributed by atoms with E-state index in [2.05, 4.69) is 9.80 Å². The van der Waals surface area contributed by atoms with E-state index in [0.29, 0.717) is 6.54 Å². The average molecular weight is 243 g/mol. The van der Waals surface area contributed by atoms with E-state index in [0.717, 1.165) is 45.6 Å². The van der Waals surface area contributed by atoms with Crippen LogP contribution >= 0.6 is 0 Å². The quantitative estimate of drug-likeness (QED) is 0.705. The van der Waals surface area contributed by atoms with E-state index in [-0.39, 0.29) is 12.5 Å². The summed E-state index contributed by atoms with van der Waals surface area (Å²) in [5, 5.41) is 8.81. The minimum atomic E-state index is 0.175. The van der Waals surface area contributed by atoms with Crippen molar-refractivity contribution in [2.45, 2.75) is 12.8 Å². The number of likely N-dealkylation sites (N-methyl/N-ethyl adjacent to an activating group) is 1. The highest BCUT2D eigenvalue weighted by molar-refractivity contribution is 5.77. The van der Waals surface area contributed by atoms with Crippen LogP contribution in [0.3, 0.4) is 0 Å². The third kappa shape index (κ3) is 5.48. The highest BCUT2D eigenvalue weighted by Gasteiger charge is 2.17. The number of hydrogen-bond donors (Lipinski definition) is 1. The minimum absolute atomic E-state index is 0.175. The standard InChI is InChI=1S/C12H25N3O2/c1-13(2)12(17)11-15-6-3-5-14(8-9-15)7-4-10-16/h16H,3-11H2,1-2H3. The Morgan fingerprint density at radius 3 is 2.47 bits per heavy atom. The van der Waals surface area contributed by atoms with Crippen molar-refractivity contribution >= 4 is 5.91 Å². The monoisotopic (exact) mass is 243 g/mol. The molecule has 0 aliphatic carbocycles. The molecule has 100 valence electrons. The first-order chi connectivity index (χ1) is 8.13. The Balaban J connectivity index is 2.29. The number of aliphatic hydroxyl groups excluding tert-OH is 1. The number of rotatable bonds is 5. The van der Waals surface area contributed by atoms with Crippen LogP contribution in [0.2, 0.25) is 0 Å². The maximum absolute atomic E-state index is 11.6. The number of hydrogen-bond acceptors (Lipinski definition) is 4.